The molecule has 0 saturated carbocycles. The Bertz CT molecular complexity index is 295. The van der Waals surface area contributed by atoms with E-state index < -0.39 is 0 Å². The molecule has 1 aromatic rings. The van der Waals surface area contributed by atoms with Gasteiger partial charge in [0.2, 0.25) is 0 Å². The average molecular weight is 175 g/mol. The molecule has 13 heavy (non-hydrogen) atoms. The highest BCUT2D eigenvalue weighted by Crippen LogP contribution is 2.14. The Morgan fingerprint density at radius 3 is 2.38 bits per heavy atom. The first-order valence-electron chi connectivity index (χ1n) is 4.12. The van der Waals surface area contributed by atoms with Crippen LogP contribution in [0.2, 0.25) is 0 Å². The summed E-state index contributed by atoms with van der Waals surface area (Å²) in [5.74, 6) is 0. The maximum Gasteiger partial charge on any atom is 0.103 e. The second-order valence-electron chi connectivity index (χ2n) is 2.95. The zero-order valence-corrected chi connectivity index (χ0v) is 7.91. The van der Waals surface area contributed by atoms with Gasteiger partial charge in [0, 0.05) is 25.5 Å². The molecule has 0 aliphatic heterocycles. The summed E-state index contributed by atoms with van der Waals surface area (Å²) in [6.07, 6.45) is 0. The Kier molecular flexibility index (Phi) is 3.15. The number of benzene rings is 1. The van der Waals surface area contributed by atoms with Gasteiger partial charge in [0.05, 0.1) is 6.07 Å². The largest absolute Gasteiger partial charge is 0.378 e. The zero-order valence-electron chi connectivity index (χ0n) is 7.91. The lowest BCUT2D eigenvalue weighted by Crippen LogP contribution is -2.08. The van der Waals surface area contributed by atoms with E-state index in [0.29, 0.717) is 6.54 Å². The van der Waals surface area contributed by atoms with Crippen LogP contribution in [0.3, 0.4) is 0 Å². The Hall–Kier alpha value is -1.69. The smallest absolute Gasteiger partial charge is 0.103 e. The van der Waals surface area contributed by atoms with Gasteiger partial charge in [-0.15, -0.1) is 0 Å². The molecule has 0 aliphatic carbocycles. The first-order valence-corrected chi connectivity index (χ1v) is 4.12. The van der Waals surface area contributed by atoms with Crippen molar-refractivity contribution in [2.75, 3.05) is 30.9 Å². The molecule has 68 valence electrons. The van der Waals surface area contributed by atoms with Gasteiger partial charge in [-0.2, -0.15) is 5.26 Å². The second-order valence-corrected chi connectivity index (χ2v) is 2.95. The molecule has 1 N–H and O–H groups in total. The summed E-state index contributed by atoms with van der Waals surface area (Å²) in [5.41, 5.74) is 2.13. The molecule has 0 atom stereocenters. The summed E-state index contributed by atoms with van der Waals surface area (Å²) in [6.45, 7) is 0.349. The van der Waals surface area contributed by atoms with Gasteiger partial charge in [0.25, 0.3) is 0 Å². The molecular formula is C10H13N3. The van der Waals surface area contributed by atoms with E-state index in [0.717, 1.165) is 11.4 Å². The van der Waals surface area contributed by atoms with Gasteiger partial charge in [-0.1, -0.05) is 0 Å². The van der Waals surface area contributed by atoms with E-state index >= 15 is 0 Å². The van der Waals surface area contributed by atoms with Gasteiger partial charge in [-0.05, 0) is 24.3 Å². The van der Waals surface area contributed by atoms with Gasteiger partial charge >= 0.3 is 0 Å². The third-order valence-electron chi connectivity index (χ3n) is 1.76. The van der Waals surface area contributed by atoms with Crippen molar-refractivity contribution < 1.29 is 0 Å². The molecule has 0 unspecified atom stereocenters. The molecule has 0 fully saturated rings. The van der Waals surface area contributed by atoms with Crippen molar-refractivity contribution in [1.29, 1.82) is 5.26 Å². The number of nitrogens with one attached hydrogen (secondary N) is 1. The van der Waals surface area contributed by atoms with Crippen LogP contribution in [0.5, 0.6) is 0 Å². The molecule has 3 nitrogen and oxygen atoms in total. The molecule has 3 heteroatoms. The monoisotopic (exact) mass is 175 g/mol. The quantitative estimate of drug-likeness (QED) is 0.710. The molecule has 0 spiro atoms. The predicted molar refractivity (Wildman–Crippen MR) is 54.9 cm³/mol. The van der Waals surface area contributed by atoms with Crippen LogP contribution in [0, 0.1) is 11.3 Å². The normalized spacial score (nSPS) is 9.00. The van der Waals surface area contributed by atoms with Gasteiger partial charge < -0.3 is 10.2 Å². The Balaban J connectivity index is 2.65. The van der Waals surface area contributed by atoms with Crippen LogP contribution in [-0.4, -0.2) is 20.6 Å². The highest BCUT2D eigenvalue weighted by Gasteiger charge is 1.94. The van der Waals surface area contributed by atoms with Gasteiger partial charge in [0.15, 0.2) is 0 Å². The van der Waals surface area contributed by atoms with Crippen LogP contribution in [0.4, 0.5) is 11.4 Å². The van der Waals surface area contributed by atoms with E-state index in [1.807, 2.05) is 49.3 Å². The van der Waals surface area contributed by atoms with Crippen LogP contribution in [0.25, 0.3) is 0 Å². The number of nitrogens with zero attached hydrogens (tertiary/aromatic N) is 2. The summed E-state index contributed by atoms with van der Waals surface area (Å²) in [6, 6.07) is 9.99. The number of rotatable bonds is 3. The predicted octanol–water partition coefficient (Wildman–Crippen LogP) is 1.69. The molecule has 0 amide bonds. The number of nitriles is 1. The minimum Gasteiger partial charge on any atom is -0.378 e. The Morgan fingerprint density at radius 2 is 1.92 bits per heavy atom. The maximum atomic E-state index is 8.35. The topological polar surface area (TPSA) is 39.1 Å². The van der Waals surface area contributed by atoms with Gasteiger partial charge in [0.1, 0.15) is 6.54 Å². The van der Waals surface area contributed by atoms with Crippen LogP contribution in [0.15, 0.2) is 24.3 Å². The molecule has 1 aromatic carbocycles. The summed E-state index contributed by atoms with van der Waals surface area (Å²) in [5, 5.41) is 11.3. The van der Waals surface area contributed by atoms with Crippen molar-refractivity contribution in [3.63, 3.8) is 0 Å². The standard InChI is InChI=1S/C10H13N3/c1-13(2)10-5-3-9(4-6-10)12-8-7-11/h3-6,12H,8H2,1-2H3. The van der Waals surface area contributed by atoms with Crippen molar-refractivity contribution in [2.45, 2.75) is 0 Å². The first-order chi connectivity index (χ1) is 6.24. The fourth-order valence-electron chi connectivity index (χ4n) is 1.02. The zero-order chi connectivity index (χ0) is 9.68. The lowest BCUT2D eigenvalue weighted by Gasteiger charge is -2.12. The van der Waals surface area contributed by atoms with Crippen molar-refractivity contribution >= 4 is 11.4 Å². The molecule has 1 rings (SSSR count). The molecule has 0 heterocycles. The third kappa shape index (κ3) is 2.68. The van der Waals surface area contributed by atoms with Crippen LogP contribution >= 0.6 is 0 Å². The molecule has 0 aromatic heterocycles. The van der Waals surface area contributed by atoms with Crippen molar-refractivity contribution in [3.05, 3.63) is 24.3 Å². The maximum absolute atomic E-state index is 8.35. The molecule has 0 bridgehead atoms. The van der Waals surface area contributed by atoms with Crippen LogP contribution in [-0.2, 0) is 0 Å². The van der Waals surface area contributed by atoms with E-state index in [1.165, 1.54) is 0 Å². The molecule has 0 aliphatic rings. The number of hydrogen-bond donors (Lipinski definition) is 1. The van der Waals surface area contributed by atoms with Crippen molar-refractivity contribution in [2.24, 2.45) is 0 Å². The van der Waals surface area contributed by atoms with Gasteiger partial charge in [-0.25, -0.2) is 0 Å². The first kappa shape index (κ1) is 9.40. The summed E-state index contributed by atoms with van der Waals surface area (Å²) in [4.78, 5) is 2.04. The Morgan fingerprint density at radius 1 is 1.31 bits per heavy atom. The molecular weight excluding hydrogens is 162 g/mol. The van der Waals surface area contributed by atoms with E-state index in [4.69, 9.17) is 5.26 Å². The second kappa shape index (κ2) is 4.36. The lowest BCUT2D eigenvalue weighted by atomic mass is 10.2. The molecule has 0 saturated heterocycles. The average Bonchev–Trinajstić information content (AvgIpc) is 2.15. The van der Waals surface area contributed by atoms with Crippen LogP contribution < -0.4 is 10.2 Å². The van der Waals surface area contributed by atoms with Gasteiger partial charge in [-0.3, -0.25) is 0 Å². The van der Waals surface area contributed by atoms with E-state index in [1.54, 1.807) is 0 Å². The number of hydrogen-bond acceptors (Lipinski definition) is 3. The van der Waals surface area contributed by atoms with Crippen molar-refractivity contribution in [3.8, 4) is 6.07 Å². The Labute approximate surface area is 78.6 Å². The lowest BCUT2D eigenvalue weighted by molar-refractivity contribution is 1.13. The number of anilines is 2. The third-order valence-corrected chi connectivity index (χ3v) is 1.76. The molecule has 0 radical (unpaired) electrons. The van der Waals surface area contributed by atoms with Crippen LogP contribution in [0.1, 0.15) is 0 Å². The summed E-state index contributed by atoms with van der Waals surface area (Å²) >= 11 is 0. The summed E-state index contributed by atoms with van der Waals surface area (Å²) in [7, 11) is 4.00. The highest BCUT2D eigenvalue weighted by molar-refractivity contribution is 5.54. The fourth-order valence-corrected chi connectivity index (χ4v) is 1.02. The summed E-state index contributed by atoms with van der Waals surface area (Å²) < 4.78 is 0. The van der Waals surface area contributed by atoms with E-state index in [9.17, 15) is 0 Å². The van der Waals surface area contributed by atoms with E-state index in [-0.39, 0.29) is 0 Å². The minimum absolute atomic E-state index is 0.349. The SMILES string of the molecule is CN(C)c1ccc(NCC#N)cc1. The van der Waals surface area contributed by atoms with E-state index in [2.05, 4.69) is 5.32 Å². The minimum atomic E-state index is 0.349. The fraction of sp³-hybridized carbons (Fsp3) is 0.300. The van der Waals surface area contributed by atoms with Crippen molar-refractivity contribution in [1.82, 2.24) is 0 Å². The highest BCUT2D eigenvalue weighted by atomic mass is 15.1.